The Bertz CT molecular complexity index is 589. The standard InChI is InChI=1S/C15H15FN2O/c1-15(2,10-3-5-11(16)6-4-10)14(19)13-8-7-12(17)9-18-13/h3-9H,17H2,1-2H3. The van der Waals surface area contributed by atoms with Crippen LogP contribution in [-0.4, -0.2) is 10.8 Å². The van der Waals surface area contributed by atoms with Gasteiger partial charge in [0.25, 0.3) is 0 Å². The number of anilines is 1. The number of nitrogens with two attached hydrogens (primary N) is 1. The van der Waals surface area contributed by atoms with Crippen molar-refractivity contribution in [2.45, 2.75) is 19.3 Å². The maximum atomic E-state index is 12.9. The van der Waals surface area contributed by atoms with Crippen LogP contribution >= 0.6 is 0 Å². The molecule has 2 aromatic rings. The van der Waals surface area contributed by atoms with Gasteiger partial charge in [0.1, 0.15) is 11.5 Å². The molecule has 98 valence electrons. The summed E-state index contributed by atoms with van der Waals surface area (Å²) in [5.74, 6) is -0.447. The number of carbonyl (C=O) groups is 1. The number of hydrogen-bond acceptors (Lipinski definition) is 3. The van der Waals surface area contributed by atoms with Crippen molar-refractivity contribution in [3.8, 4) is 0 Å². The fourth-order valence-electron chi connectivity index (χ4n) is 1.86. The lowest BCUT2D eigenvalue weighted by atomic mass is 9.79. The summed E-state index contributed by atoms with van der Waals surface area (Å²) in [5, 5.41) is 0. The van der Waals surface area contributed by atoms with E-state index in [0.29, 0.717) is 11.4 Å². The first-order chi connectivity index (χ1) is 8.91. The minimum Gasteiger partial charge on any atom is -0.397 e. The molecule has 0 unspecified atom stereocenters. The van der Waals surface area contributed by atoms with Crippen LogP contribution in [0.25, 0.3) is 0 Å². The Morgan fingerprint density at radius 3 is 2.32 bits per heavy atom. The van der Waals surface area contributed by atoms with Crippen LogP contribution in [0.15, 0.2) is 42.6 Å². The highest BCUT2D eigenvalue weighted by Crippen LogP contribution is 2.27. The average Bonchev–Trinajstić information content (AvgIpc) is 2.39. The van der Waals surface area contributed by atoms with E-state index in [1.165, 1.54) is 18.3 Å². The Morgan fingerprint density at radius 1 is 1.16 bits per heavy atom. The molecule has 1 heterocycles. The van der Waals surface area contributed by atoms with Crippen LogP contribution in [0, 0.1) is 5.82 Å². The molecule has 0 spiro atoms. The first kappa shape index (κ1) is 13.2. The maximum absolute atomic E-state index is 12.9. The molecule has 0 saturated heterocycles. The summed E-state index contributed by atoms with van der Waals surface area (Å²) in [6, 6.07) is 9.17. The summed E-state index contributed by atoms with van der Waals surface area (Å²) >= 11 is 0. The van der Waals surface area contributed by atoms with E-state index in [2.05, 4.69) is 4.98 Å². The monoisotopic (exact) mass is 258 g/mol. The molecule has 0 aliphatic heterocycles. The van der Waals surface area contributed by atoms with Gasteiger partial charge in [0.15, 0.2) is 5.78 Å². The topological polar surface area (TPSA) is 56.0 Å². The van der Waals surface area contributed by atoms with Gasteiger partial charge in [-0.2, -0.15) is 0 Å². The molecule has 2 rings (SSSR count). The van der Waals surface area contributed by atoms with Crippen molar-refractivity contribution in [2.75, 3.05) is 5.73 Å². The van der Waals surface area contributed by atoms with Gasteiger partial charge in [0, 0.05) is 0 Å². The summed E-state index contributed by atoms with van der Waals surface area (Å²) < 4.78 is 12.9. The molecule has 1 aromatic carbocycles. The number of benzene rings is 1. The second-order valence-corrected chi connectivity index (χ2v) is 4.94. The van der Waals surface area contributed by atoms with E-state index in [4.69, 9.17) is 5.73 Å². The van der Waals surface area contributed by atoms with Crippen LogP contribution in [0.1, 0.15) is 29.9 Å². The molecular formula is C15H15FN2O. The summed E-state index contributed by atoms with van der Waals surface area (Å²) in [4.78, 5) is 16.5. The van der Waals surface area contributed by atoms with Gasteiger partial charge in [0.2, 0.25) is 0 Å². The lowest BCUT2D eigenvalue weighted by Crippen LogP contribution is -2.29. The second kappa shape index (κ2) is 4.80. The first-order valence-electron chi connectivity index (χ1n) is 5.93. The summed E-state index contributed by atoms with van der Waals surface area (Å²) in [7, 11) is 0. The fraction of sp³-hybridized carbons (Fsp3) is 0.200. The van der Waals surface area contributed by atoms with Gasteiger partial charge < -0.3 is 5.73 Å². The highest BCUT2D eigenvalue weighted by molar-refractivity contribution is 6.02. The summed E-state index contributed by atoms with van der Waals surface area (Å²) in [5.41, 5.74) is 6.39. The molecule has 19 heavy (non-hydrogen) atoms. The van der Waals surface area contributed by atoms with Gasteiger partial charge in [-0.15, -0.1) is 0 Å². The number of nitrogens with zero attached hydrogens (tertiary/aromatic N) is 1. The average molecular weight is 258 g/mol. The van der Waals surface area contributed by atoms with Crippen LogP contribution in [-0.2, 0) is 5.41 Å². The minimum atomic E-state index is -0.767. The van der Waals surface area contributed by atoms with E-state index in [9.17, 15) is 9.18 Å². The zero-order chi connectivity index (χ0) is 14.0. The lowest BCUT2D eigenvalue weighted by molar-refractivity contribution is 0.0903. The van der Waals surface area contributed by atoms with Crippen molar-refractivity contribution in [1.29, 1.82) is 0 Å². The molecule has 0 fully saturated rings. The fourth-order valence-corrected chi connectivity index (χ4v) is 1.86. The number of aromatic nitrogens is 1. The molecule has 0 radical (unpaired) electrons. The molecule has 0 atom stereocenters. The molecule has 0 amide bonds. The summed E-state index contributed by atoms with van der Waals surface area (Å²) in [6.45, 7) is 3.58. The van der Waals surface area contributed by atoms with Crippen molar-refractivity contribution in [1.82, 2.24) is 4.98 Å². The van der Waals surface area contributed by atoms with Gasteiger partial charge >= 0.3 is 0 Å². The Morgan fingerprint density at radius 2 is 1.79 bits per heavy atom. The molecular weight excluding hydrogens is 243 g/mol. The quantitative estimate of drug-likeness (QED) is 0.861. The Hall–Kier alpha value is -2.23. The lowest BCUT2D eigenvalue weighted by Gasteiger charge is -2.23. The number of carbonyl (C=O) groups excluding carboxylic acids is 1. The van der Waals surface area contributed by atoms with E-state index in [1.54, 1.807) is 38.1 Å². The van der Waals surface area contributed by atoms with E-state index < -0.39 is 5.41 Å². The zero-order valence-corrected chi connectivity index (χ0v) is 10.9. The van der Waals surface area contributed by atoms with E-state index in [-0.39, 0.29) is 11.6 Å². The minimum absolute atomic E-state index is 0.126. The maximum Gasteiger partial charge on any atom is 0.191 e. The van der Waals surface area contributed by atoms with Crippen molar-refractivity contribution in [3.05, 3.63) is 59.7 Å². The Balaban J connectivity index is 2.35. The Kier molecular flexibility index (Phi) is 3.34. The predicted molar refractivity (Wildman–Crippen MR) is 72.4 cm³/mol. The molecule has 0 aliphatic rings. The number of rotatable bonds is 3. The molecule has 3 nitrogen and oxygen atoms in total. The third-order valence-electron chi connectivity index (χ3n) is 3.15. The third kappa shape index (κ3) is 2.62. The van der Waals surface area contributed by atoms with E-state index >= 15 is 0 Å². The molecule has 4 heteroatoms. The zero-order valence-electron chi connectivity index (χ0n) is 10.9. The molecule has 0 saturated carbocycles. The smallest absolute Gasteiger partial charge is 0.191 e. The van der Waals surface area contributed by atoms with Crippen molar-refractivity contribution < 1.29 is 9.18 Å². The number of ketones is 1. The molecule has 0 bridgehead atoms. The first-order valence-corrected chi connectivity index (χ1v) is 5.93. The third-order valence-corrected chi connectivity index (χ3v) is 3.15. The van der Waals surface area contributed by atoms with Gasteiger partial charge in [-0.1, -0.05) is 12.1 Å². The Labute approximate surface area is 111 Å². The largest absolute Gasteiger partial charge is 0.397 e. The number of Topliss-reactive ketones (excluding diaryl/α,β-unsaturated/α-hetero) is 1. The van der Waals surface area contributed by atoms with Crippen LogP contribution in [0.3, 0.4) is 0 Å². The van der Waals surface area contributed by atoms with Crippen LogP contribution < -0.4 is 5.73 Å². The van der Waals surface area contributed by atoms with Crippen LogP contribution in [0.2, 0.25) is 0 Å². The van der Waals surface area contributed by atoms with Gasteiger partial charge in [-0.3, -0.25) is 9.78 Å². The van der Waals surface area contributed by atoms with Crippen molar-refractivity contribution >= 4 is 11.5 Å². The number of pyridine rings is 1. The van der Waals surface area contributed by atoms with Crippen LogP contribution in [0.4, 0.5) is 10.1 Å². The van der Waals surface area contributed by atoms with Gasteiger partial charge in [-0.25, -0.2) is 4.39 Å². The summed E-state index contributed by atoms with van der Waals surface area (Å²) in [6.07, 6.45) is 1.45. The van der Waals surface area contributed by atoms with Crippen molar-refractivity contribution in [2.24, 2.45) is 0 Å². The number of hydrogen-bond donors (Lipinski definition) is 1. The number of nitrogen functional groups attached to an aromatic ring is 1. The predicted octanol–water partition coefficient (Wildman–Crippen LogP) is 2.96. The SMILES string of the molecule is CC(C)(C(=O)c1ccc(N)cn1)c1ccc(F)cc1. The van der Waals surface area contributed by atoms with Gasteiger partial charge in [0.05, 0.1) is 17.3 Å². The van der Waals surface area contributed by atoms with Crippen LogP contribution in [0.5, 0.6) is 0 Å². The number of halogens is 1. The normalized spacial score (nSPS) is 11.3. The van der Waals surface area contributed by atoms with E-state index in [1.807, 2.05) is 0 Å². The second-order valence-electron chi connectivity index (χ2n) is 4.94. The highest BCUT2D eigenvalue weighted by Gasteiger charge is 2.31. The van der Waals surface area contributed by atoms with E-state index in [0.717, 1.165) is 5.56 Å². The highest BCUT2D eigenvalue weighted by atomic mass is 19.1. The van der Waals surface area contributed by atoms with Gasteiger partial charge in [-0.05, 0) is 43.7 Å². The molecule has 0 aliphatic carbocycles. The molecule has 2 N–H and O–H groups in total. The van der Waals surface area contributed by atoms with Crippen molar-refractivity contribution in [3.63, 3.8) is 0 Å². The molecule has 1 aromatic heterocycles.